The van der Waals surface area contributed by atoms with Crippen LogP contribution in [-0.4, -0.2) is 55.9 Å². The molecule has 8 nitrogen and oxygen atoms in total. The van der Waals surface area contributed by atoms with Crippen LogP contribution in [0.5, 0.6) is 0 Å². The minimum Gasteiger partial charge on any atom is -0.353 e. The monoisotopic (exact) mass is 400 g/mol. The van der Waals surface area contributed by atoms with Gasteiger partial charge in [-0.2, -0.15) is 10.2 Å². The number of amides is 1. The summed E-state index contributed by atoms with van der Waals surface area (Å²) in [4.78, 5) is 28.3. The van der Waals surface area contributed by atoms with Crippen molar-refractivity contribution < 1.29 is 4.79 Å². The first-order chi connectivity index (χ1) is 13.6. The normalized spacial score (nSPS) is 17.8. The van der Waals surface area contributed by atoms with E-state index in [2.05, 4.69) is 27.3 Å². The summed E-state index contributed by atoms with van der Waals surface area (Å²) in [5.74, 6) is -0.207. The average Bonchev–Trinajstić information content (AvgIpc) is 3.35. The smallest absolute Gasteiger partial charge is 0.293 e. The molecule has 1 atom stereocenters. The molecule has 1 aliphatic heterocycles. The van der Waals surface area contributed by atoms with Crippen molar-refractivity contribution in [2.75, 3.05) is 19.6 Å². The van der Waals surface area contributed by atoms with Crippen molar-refractivity contribution in [2.45, 2.75) is 38.8 Å². The van der Waals surface area contributed by atoms with Gasteiger partial charge in [0.05, 0.1) is 4.88 Å². The fourth-order valence-corrected chi connectivity index (χ4v) is 4.30. The van der Waals surface area contributed by atoms with E-state index in [1.54, 1.807) is 17.4 Å². The Morgan fingerprint density at radius 1 is 1.39 bits per heavy atom. The quantitative estimate of drug-likeness (QED) is 0.680. The lowest BCUT2D eigenvalue weighted by atomic mass is 10.0. The molecule has 1 N–H and O–H groups in total. The van der Waals surface area contributed by atoms with E-state index in [4.69, 9.17) is 0 Å². The van der Waals surface area contributed by atoms with Crippen LogP contribution in [0.4, 0.5) is 0 Å². The molecule has 9 heteroatoms. The van der Waals surface area contributed by atoms with Crippen LogP contribution in [0.1, 0.15) is 26.2 Å². The van der Waals surface area contributed by atoms with Gasteiger partial charge in [-0.15, -0.1) is 11.3 Å². The first-order valence-corrected chi connectivity index (χ1v) is 10.5. The number of nitrogens with one attached hydrogen (secondary N) is 1. The zero-order chi connectivity index (χ0) is 19.5. The SMILES string of the molecule is C[C@H]1CCCCN1CCNC(=O)Cn1ncn2nc(-c3cccs3)cc2c1=O. The van der Waals surface area contributed by atoms with Crippen molar-refractivity contribution in [1.82, 2.24) is 29.6 Å². The third-order valence-corrected chi connectivity index (χ3v) is 6.11. The Morgan fingerprint density at radius 2 is 2.29 bits per heavy atom. The van der Waals surface area contributed by atoms with Crippen molar-refractivity contribution in [3.8, 4) is 10.6 Å². The third kappa shape index (κ3) is 4.00. The van der Waals surface area contributed by atoms with E-state index >= 15 is 0 Å². The van der Waals surface area contributed by atoms with Crippen LogP contribution in [0, 0.1) is 0 Å². The number of thiophene rings is 1. The van der Waals surface area contributed by atoms with Gasteiger partial charge in [-0.25, -0.2) is 9.20 Å². The lowest BCUT2D eigenvalue weighted by Crippen LogP contribution is -2.43. The first kappa shape index (κ1) is 18.8. The molecule has 148 valence electrons. The Hall–Kier alpha value is -2.52. The van der Waals surface area contributed by atoms with Crippen molar-refractivity contribution in [3.63, 3.8) is 0 Å². The Kier molecular flexibility index (Phi) is 5.54. The summed E-state index contributed by atoms with van der Waals surface area (Å²) < 4.78 is 2.65. The van der Waals surface area contributed by atoms with Crippen LogP contribution in [0.15, 0.2) is 34.7 Å². The molecule has 28 heavy (non-hydrogen) atoms. The molecule has 3 aromatic rings. The Morgan fingerprint density at radius 3 is 3.07 bits per heavy atom. The zero-order valence-electron chi connectivity index (χ0n) is 15.9. The Labute approximate surface area is 166 Å². The molecule has 1 saturated heterocycles. The van der Waals surface area contributed by atoms with Crippen LogP contribution in [0.3, 0.4) is 0 Å². The number of aromatic nitrogens is 4. The first-order valence-electron chi connectivity index (χ1n) is 9.62. The highest BCUT2D eigenvalue weighted by Gasteiger charge is 2.18. The van der Waals surface area contributed by atoms with Crippen molar-refractivity contribution in [2.24, 2.45) is 0 Å². The molecule has 0 unspecified atom stereocenters. The van der Waals surface area contributed by atoms with Gasteiger partial charge in [-0.05, 0) is 43.8 Å². The van der Waals surface area contributed by atoms with Gasteiger partial charge in [0.1, 0.15) is 24.1 Å². The van der Waals surface area contributed by atoms with Gasteiger partial charge in [0.25, 0.3) is 5.56 Å². The number of piperidine rings is 1. The summed E-state index contributed by atoms with van der Waals surface area (Å²) in [7, 11) is 0. The van der Waals surface area contributed by atoms with Gasteiger partial charge in [0.2, 0.25) is 5.91 Å². The highest BCUT2D eigenvalue weighted by Crippen LogP contribution is 2.23. The highest BCUT2D eigenvalue weighted by atomic mass is 32.1. The fraction of sp³-hybridized carbons (Fsp3) is 0.474. The van der Waals surface area contributed by atoms with E-state index in [9.17, 15) is 9.59 Å². The number of hydrogen-bond donors (Lipinski definition) is 1. The number of carbonyl (C=O) groups excluding carboxylic acids is 1. The summed E-state index contributed by atoms with van der Waals surface area (Å²) in [5.41, 5.74) is 0.817. The second-order valence-electron chi connectivity index (χ2n) is 7.16. The Bertz CT molecular complexity index is 1010. The lowest BCUT2D eigenvalue weighted by Gasteiger charge is -2.33. The van der Waals surface area contributed by atoms with Crippen LogP contribution in [-0.2, 0) is 11.3 Å². The van der Waals surface area contributed by atoms with Crippen LogP contribution in [0.25, 0.3) is 16.1 Å². The molecule has 3 aromatic heterocycles. The van der Waals surface area contributed by atoms with Crippen LogP contribution >= 0.6 is 11.3 Å². The number of rotatable bonds is 6. The Balaban J connectivity index is 1.39. The van der Waals surface area contributed by atoms with E-state index in [0.29, 0.717) is 18.1 Å². The molecule has 0 radical (unpaired) electrons. The van der Waals surface area contributed by atoms with Gasteiger partial charge in [-0.1, -0.05) is 12.5 Å². The molecule has 0 saturated carbocycles. The molecule has 0 bridgehead atoms. The number of likely N-dealkylation sites (tertiary alicyclic amines) is 1. The summed E-state index contributed by atoms with van der Waals surface area (Å²) in [5, 5.41) is 13.3. The summed E-state index contributed by atoms with van der Waals surface area (Å²) in [6.07, 6.45) is 5.18. The predicted molar refractivity (Wildman–Crippen MR) is 108 cm³/mol. The summed E-state index contributed by atoms with van der Waals surface area (Å²) in [6.45, 7) is 4.64. The maximum atomic E-state index is 12.7. The van der Waals surface area contributed by atoms with Crippen molar-refractivity contribution in [3.05, 3.63) is 40.3 Å². The topological polar surface area (TPSA) is 84.5 Å². The minimum atomic E-state index is -0.322. The minimum absolute atomic E-state index is 0.0929. The largest absolute Gasteiger partial charge is 0.353 e. The maximum absolute atomic E-state index is 12.7. The van der Waals surface area contributed by atoms with E-state index in [0.717, 1.165) is 23.7 Å². The van der Waals surface area contributed by atoms with Gasteiger partial charge in [0, 0.05) is 19.1 Å². The molecule has 0 spiro atoms. The molecule has 4 heterocycles. The highest BCUT2D eigenvalue weighted by molar-refractivity contribution is 7.13. The van der Waals surface area contributed by atoms with Crippen molar-refractivity contribution >= 4 is 22.8 Å². The third-order valence-electron chi connectivity index (χ3n) is 5.22. The number of fused-ring (bicyclic) bond motifs is 1. The molecule has 1 aliphatic rings. The van der Waals surface area contributed by atoms with Gasteiger partial charge >= 0.3 is 0 Å². The average molecular weight is 401 g/mol. The number of hydrogen-bond acceptors (Lipinski definition) is 6. The predicted octanol–water partition coefficient (Wildman–Crippen LogP) is 1.61. The van der Waals surface area contributed by atoms with E-state index in [1.165, 1.54) is 34.8 Å². The lowest BCUT2D eigenvalue weighted by molar-refractivity contribution is -0.122. The maximum Gasteiger partial charge on any atom is 0.293 e. The molecule has 4 rings (SSSR count). The van der Waals surface area contributed by atoms with E-state index < -0.39 is 0 Å². The zero-order valence-corrected chi connectivity index (χ0v) is 16.7. The molecular formula is C19H24N6O2S. The van der Waals surface area contributed by atoms with Gasteiger partial charge in [-0.3, -0.25) is 14.5 Å². The van der Waals surface area contributed by atoms with Gasteiger partial charge < -0.3 is 5.32 Å². The van der Waals surface area contributed by atoms with Crippen LogP contribution < -0.4 is 10.9 Å². The fourth-order valence-electron chi connectivity index (χ4n) is 3.62. The molecule has 1 fully saturated rings. The molecule has 0 aromatic carbocycles. The second kappa shape index (κ2) is 8.24. The molecular weight excluding hydrogens is 376 g/mol. The summed E-state index contributed by atoms with van der Waals surface area (Å²) in [6, 6.07) is 6.20. The number of carbonyl (C=O) groups is 1. The van der Waals surface area contributed by atoms with Crippen LogP contribution in [0.2, 0.25) is 0 Å². The van der Waals surface area contributed by atoms with E-state index in [-0.39, 0.29) is 18.0 Å². The van der Waals surface area contributed by atoms with Gasteiger partial charge in [0.15, 0.2) is 0 Å². The standard InChI is InChI=1S/C19H24N6O2S/c1-14-5-2-3-8-23(14)9-7-20-18(26)12-24-19(27)16-11-15(17-6-4-10-28-17)22-25(16)13-21-24/h4,6,10-11,13-14H,2-3,5,7-9,12H2,1H3,(H,20,26)/t14-/m0/s1. The summed E-state index contributed by atoms with van der Waals surface area (Å²) >= 11 is 1.56. The van der Waals surface area contributed by atoms with E-state index in [1.807, 2.05) is 17.5 Å². The second-order valence-corrected chi connectivity index (χ2v) is 8.11. The van der Waals surface area contributed by atoms with Crippen molar-refractivity contribution in [1.29, 1.82) is 0 Å². The molecule has 1 amide bonds. The molecule has 0 aliphatic carbocycles. The number of nitrogens with zero attached hydrogens (tertiary/aromatic N) is 5.